The van der Waals surface area contributed by atoms with Crippen LogP contribution in [0.3, 0.4) is 0 Å². The van der Waals surface area contributed by atoms with E-state index in [4.69, 9.17) is 16.7 Å². The van der Waals surface area contributed by atoms with Crippen LogP contribution < -0.4 is 0 Å². The molecule has 82 valence electrons. The number of nitrogens with zero attached hydrogens (tertiary/aromatic N) is 1. The first-order chi connectivity index (χ1) is 7.49. The number of carbonyl (C=O) groups is 1. The molecule has 0 radical (unpaired) electrons. The van der Waals surface area contributed by atoms with Gasteiger partial charge in [-0.2, -0.15) is 0 Å². The molecule has 1 aromatic heterocycles. The van der Waals surface area contributed by atoms with Crippen LogP contribution in [0.2, 0.25) is 5.02 Å². The molecule has 0 amide bonds. The van der Waals surface area contributed by atoms with E-state index in [-0.39, 0.29) is 16.4 Å². The van der Waals surface area contributed by atoms with Crippen molar-refractivity contribution in [3.63, 3.8) is 0 Å². The number of fused-ring (bicyclic) bond motifs is 1. The summed E-state index contributed by atoms with van der Waals surface area (Å²) in [4.78, 5) is 23.2. The highest BCUT2D eigenvalue weighted by Gasteiger charge is 2.14. The molecular weight excluding hydrogens is 236 g/mol. The van der Waals surface area contributed by atoms with Crippen molar-refractivity contribution >= 4 is 34.2 Å². The number of nitro groups is 1. The van der Waals surface area contributed by atoms with Gasteiger partial charge in [0.1, 0.15) is 5.69 Å². The monoisotopic (exact) mass is 240 g/mol. The number of aromatic carboxylic acids is 1. The number of H-pyrrole nitrogens is 1. The molecule has 1 heterocycles. The van der Waals surface area contributed by atoms with Gasteiger partial charge in [-0.3, -0.25) is 10.1 Å². The van der Waals surface area contributed by atoms with Crippen molar-refractivity contribution in [2.75, 3.05) is 0 Å². The van der Waals surface area contributed by atoms with Crippen molar-refractivity contribution in [3.8, 4) is 0 Å². The Morgan fingerprint density at radius 1 is 1.44 bits per heavy atom. The van der Waals surface area contributed by atoms with Gasteiger partial charge in [0, 0.05) is 17.5 Å². The molecule has 0 unspecified atom stereocenters. The van der Waals surface area contributed by atoms with E-state index in [0.29, 0.717) is 10.9 Å². The van der Waals surface area contributed by atoms with Gasteiger partial charge in [0.25, 0.3) is 5.69 Å². The Kier molecular flexibility index (Phi) is 2.28. The van der Waals surface area contributed by atoms with Crippen LogP contribution in [0.15, 0.2) is 18.2 Å². The molecule has 0 saturated carbocycles. The molecule has 2 aromatic rings. The number of nitrogens with one attached hydrogen (secondary N) is 1. The fraction of sp³-hybridized carbons (Fsp3) is 0. The Labute approximate surface area is 93.6 Å². The zero-order valence-corrected chi connectivity index (χ0v) is 8.49. The lowest BCUT2D eigenvalue weighted by Gasteiger charge is -1.94. The molecule has 0 aliphatic heterocycles. The minimum atomic E-state index is -1.14. The van der Waals surface area contributed by atoms with Crippen molar-refractivity contribution in [1.29, 1.82) is 0 Å². The Hall–Kier alpha value is -2.08. The van der Waals surface area contributed by atoms with Crippen LogP contribution in [0.1, 0.15) is 10.5 Å². The topological polar surface area (TPSA) is 96.2 Å². The SMILES string of the molecule is O=C(O)c1cc2cc([N+](=O)[O-])cc(Cl)c2[nH]1. The fourth-order valence-corrected chi connectivity index (χ4v) is 1.67. The van der Waals surface area contributed by atoms with Crippen LogP contribution in [0, 0.1) is 10.1 Å². The van der Waals surface area contributed by atoms with Crippen LogP contribution in [0.25, 0.3) is 10.9 Å². The molecule has 2 rings (SSSR count). The number of carboxylic acids is 1. The lowest BCUT2D eigenvalue weighted by Crippen LogP contribution is -1.94. The first-order valence-electron chi connectivity index (χ1n) is 4.19. The second-order valence-electron chi connectivity index (χ2n) is 3.14. The largest absolute Gasteiger partial charge is 0.477 e. The molecule has 0 aliphatic carbocycles. The summed E-state index contributed by atoms with van der Waals surface area (Å²) in [7, 11) is 0. The smallest absolute Gasteiger partial charge is 0.352 e. The molecule has 0 saturated heterocycles. The van der Waals surface area contributed by atoms with Gasteiger partial charge in [0.05, 0.1) is 15.5 Å². The summed E-state index contributed by atoms with van der Waals surface area (Å²) in [6.45, 7) is 0. The third-order valence-corrected chi connectivity index (χ3v) is 2.40. The number of carboxylic acid groups (broad SMARTS) is 1. The number of rotatable bonds is 2. The van der Waals surface area contributed by atoms with E-state index in [2.05, 4.69) is 4.98 Å². The zero-order valence-electron chi connectivity index (χ0n) is 7.73. The maximum Gasteiger partial charge on any atom is 0.352 e. The van der Waals surface area contributed by atoms with Crippen LogP contribution in [0.4, 0.5) is 5.69 Å². The number of halogens is 1. The number of aromatic amines is 1. The van der Waals surface area contributed by atoms with E-state index in [1.807, 2.05) is 0 Å². The lowest BCUT2D eigenvalue weighted by atomic mass is 10.2. The van der Waals surface area contributed by atoms with E-state index < -0.39 is 10.9 Å². The van der Waals surface area contributed by atoms with Crippen molar-refractivity contribution in [1.82, 2.24) is 4.98 Å². The minimum Gasteiger partial charge on any atom is -0.477 e. The summed E-state index contributed by atoms with van der Waals surface area (Å²) < 4.78 is 0. The first-order valence-corrected chi connectivity index (χ1v) is 4.57. The van der Waals surface area contributed by atoms with Crippen LogP contribution in [0.5, 0.6) is 0 Å². The van der Waals surface area contributed by atoms with Crippen LogP contribution >= 0.6 is 11.6 Å². The molecular formula is C9H5ClN2O4. The van der Waals surface area contributed by atoms with E-state index >= 15 is 0 Å². The molecule has 16 heavy (non-hydrogen) atoms. The van der Waals surface area contributed by atoms with Gasteiger partial charge in [-0.05, 0) is 6.07 Å². The molecule has 6 nitrogen and oxygen atoms in total. The summed E-state index contributed by atoms with van der Waals surface area (Å²) in [5.41, 5.74) is 0.149. The summed E-state index contributed by atoms with van der Waals surface area (Å²) in [6, 6.07) is 3.74. The van der Waals surface area contributed by atoms with Gasteiger partial charge in [-0.25, -0.2) is 4.79 Å². The molecule has 2 N–H and O–H groups in total. The van der Waals surface area contributed by atoms with Crippen molar-refractivity contribution in [3.05, 3.63) is 39.0 Å². The van der Waals surface area contributed by atoms with Crippen molar-refractivity contribution in [2.45, 2.75) is 0 Å². The number of hydrogen-bond donors (Lipinski definition) is 2. The summed E-state index contributed by atoms with van der Waals surface area (Å²) in [5, 5.41) is 19.8. The lowest BCUT2D eigenvalue weighted by molar-refractivity contribution is -0.384. The summed E-state index contributed by atoms with van der Waals surface area (Å²) in [6.07, 6.45) is 0. The predicted octanol–water partition coefficient (Wildman–Crippen LogP) is 2.43. The second kappa shape index (κ2) is 3.49. The molecule has 0 spiro atoms. The zero-order chi connectivity index (χ0) is 11.9. The molecule has 7 heteroatoms. The third kappa shape index (κ3) is 1.59. The van der Waals surface area contributed by atoms with Gasteiger partial charge in [-0.15, -0.1) is 0 Å². The predicted molar refractivity (Wildman–Crippen MR) is 56.9 cm³/mol. The first kappa shape index (κ1) is 10.4. The number of non-ortho nitro benzene ring substituents is 1. The van der Waals surface area contributed by atoms with Gasteiger partial charge >= 0.3 is 5.97 Å². The number of benzene rings is 1. The van der Waals surface area contributed by atoms with Crippen molar-refractivity contribution < 1.29 is 14.8 Å². The van der Waals surface area contributed by atoms with Crippen LogP contribution in [-0.2, 0) is 0 Å². The third-order valence-electron chi connectivity index (χ3n) is 2.11. The average Bonchev–Trinajstić information content (AvgIpc) is 2.61. The Bertz CT molecular complexity index is 605. The number of hydrogen-bond acceptors (Lipinski definition) is 3. The molecule has 0 aliphatic rings. The fourth-order valence-electron chi connectivity index (χ4n) is 1.41. The quantitative estimate of drug-likeness (QED) is 0.622. The van der Waals surface area contributed by atoms with Gasteiger partial charge < -0.3 is 10.1 Å². The minimum absolute atomic E-state index is 0.0580. The van der Waals surface area contributed by atoms with E-state index in [9.17, 15) is 14.9 Å². The number of aromatic nitrogens is 1. The molecule has 1 aromatic carbocycles. The second-order valence-corrected chi connectivity index (χ2v) is 3.54. The normalized spacial score (nSPS) is 10.6. The average molecular weight is 241 g/mol. The van der Waals surface area contributed by atoms with E-state index in [0.717, 1.165) is 0 Å². The maximum atomic E-state index is 10.7. The summed E-state index contributed by atoms with van der Waals surface area (Å²) >= 11 is 5.80. The van der Waals surface area contributed by atoms with Crippen molar-refractivity contribution in [2.24, 2.45) is 0 Å². The molecule has 0 bridgehead atoms. The Morgan fingerprint density at radius 2 is 2.12 bits per heavy atom. The highest BCUT2D eigenvalue weighted by Crippen LogP contribution is 2.29. The molecule has 0 fully saturated rings. The van der Waals surface area contributed by atoms with Gasteiger partial charge in [-0.1, -0.05) is 11.6 Å². The highest BCUT2D eigenvalue weighted by atomic mass is 35.5. The van der Waals surface area contributed by atoms with Crippen LogP contribution in [-0.4, -0.2) is 21.0 Å². The highest BCUT2D eigenvalue weighted by molar-refractivity contribution is 6.35. The molecule has 0 atom stereocenters. The van der Waals surface area contributed by atoms with Gasteiger partial charge in [0.2, 0.25) is 0 Å². The van der Waals surface area contributed by atoms with Gasteiger partial charge in [0.15, 0.2) is 0 Å². The number of nitro benzene ring substituents is 1. The standard InChI is InChI=1S/C9H5ClN2O4/c10-6-3-5(12(15)16)1-4-2-7(9(13)14)11-8(4)6/h1-3,11H,(H,13,14). The van der Waals surface area contributed by atoms with E-state index in [1.54, 1.807) is 0 Å². The Morgan fingerprint density at radius 3 is 2.69 bits per heavy atom. The Balaban J connectivity index is 2.72. The van der Waals surface area contributed by atoms with E-state index in [1.165, 1.54) is 18.2 Å². The summed E-state index contributed by atoms with van der Waals surface area (Å²) in [5.74, 6) is -1.14. The maximum absolute atomic E-state index is 10.7.